The largest absolute Gasteiger partial charge is 0.486 e. The van der Waals surface area contributed by atoms with Gasteiger partial charge in [-0.05, 0) is 25.8 Å². The zero-order chi connectivity index (χ0) is 23.6. The number of rotatable bonds is 3. The molecule has 3 aromatic rings. The number of pyridine rings is 1. The van der Waals surface area contributed by atoms with Crippen molar-refractivity contribution in [3.63, 3.8) is 0 Å². The highest BCUT2D eigenvalue weighted by Crippen LogP contribution is 2.44. The van der Waals surface area contributed by atoms with Crippen molar-refractivity contribution >= 4 is 34.6 Å². The van der Waals surface area contributed by atoms with Gasteiger partial charge in [0.2, 0.25) is 0 Å². The number of hydrogen-bond acceptors (Lipinski definition) is 11. The van der Waals surface area contributed by atoms with Crippen molar-refractivity contribution in [3.05, 3.63) is 18.5 Å². The first-order valence-corrected chi connectivity index (χ1v) is 12.8. The number of H-pyrrole nitrogens is 1. The van der Waals surface area contributed by atoms with Crippen LogP contribution in [-0.4, -0.2) is 82.4 Å². The molecule has 3 fully saturated rings. The molecule has 4 N–H and O–H groups in total. The number of nitrogens with two attached hydrogens (primary N) is 1. The summed E-state index contributed by atoms with van der Waals surface area (Å²) < 4.78 is 17.3. The number of hydrogen-bond donors (Lipinski definition) is 3. The maximum Gasteiger partial charge on any atom is 0.177 e. The quantitative estimate of drug-likeness (QED) is 0.490. The summed E-state index contributed by atoms with van der Waals surface area (Å²) in [5.74, 6) is 2.33. The Labute approximate surface area is 206 Å². The third-order valence-electron chi connectivity index (χ3n) is 7.86. The highest BCUT2D eigenvalue weighted by atomic mass is 32.2. The van der Waals surface area contributed by atoms with E-state index < -0.39 is 0 Å². The first-order chi connectivity index (χ1) is 17.0. The van der Waals surface area contributed by atoms with Gasteiger partial charge in [0.05, 0.1) is 37.0 Å². The fourth-order valence-electron chi connectivity index (χ4n) is 5.49. The third-order valence-corrected chi connectivity index (χ3v) is 8.88. The van der Waals surface area contributed by atoms with Crippen LogP contribution in [0.1, 0.15) is 19.8 Å². The molecule has 4 aliphatic heterocycles. The van der Waals surface area contributed by atoms with Crippen LogP contribution in [0.15, 0.2) is 28.4 Å². The Hall–Kier alpha value is -2.67. The SMILES string of the molecule is C[C@@H]1OCC2(CCN(c3cnc4c(Sc5ccnc6c5OCC5(COC5)N6)n[nH]c4n3)CC2)[C@@H]1N. The molecule has 0 amide bonds. The maximum absolute atomic E-state index is 6.47. The third kappa shape index (κ3) is 3.45. The fraction of sp³-hybridized carbons (Fsp3) is 0.565. The molecule has 3 saturated heterocycles. The van der Waals surface area contributed by atoms with Gasteiger partial charge in [-0.3, -0.25) is 5.10 Å². The van der Waals surface area contributed by atoms with Gasteiger partial charge in [-0.25, -0.2) is 15.0 Å². The highest BCUT2D eigenvalue weighted by molar-refractivity contribution is 7.99. The molecule has 7 rings (SSSR count). The van der Waals surface area contributed by atoms with Crippen molar-refractivity contribution in [1.29, 1.82) is 0 Å². The summed E-state index contributed by atoms with van der Waals surface area (Å²) in [5, 5.41) is 11.8. The molecule has 0 bridgehead atoms. The van der Waals surface area contributed by atoms with E-state index in [0.29, 0.717) is 25.5 Å². The first kappa shape index (κ1) is 21.6. The Balaban J connectivity index is 1.09. The van der Waals surface area contributed by atoms with Crippen molar-refractivity contribution in [3.8, 4) is 5.75 Å². The van der Waals surface area contributed by atoms with Gasteiger partial charge in [-0.15, -0.1) is 0 Å². The van der Waals surface area contributed by atoms with Crippen LogP contribution < -0.4 is 20.7 Å². The highest BCUT2D eigenvalue weighted by Gasteiger charge is 2.48. The van der Waals surface area contributed by atoms with Crippen LogP contribution in [0, 0.1) is 5.41 Å². The van der Waals surface area contributed by atoms with E-state index in [2.05, 4.69) is 32.3 Å². The Morgan fingerprint density at radius 2 is 2.03 bits per heavy atom. The number of aromatic amines is 1. The van der Waals surface area contributed by atoms with Crippen LogP contribution >= 0.6 is 11.8 Å². The normalized spacial score (nSPS) is 26.4. The number of aromatic nitrogens is 5. The second kappa shape index (κ2) is 7.92. The van der Waals surface area contributed by atoms with Gasteiger partial charge in [-0.2, -0.15) is 5.10 Å². The molecule has 3 aromatic heterocycles. The Morgan fingerprint density at radius 3 is 2.77 bits per heavy atom. The Morgan fingerprint density at radius 1 is 1.17 bits per heavy atom. The number of nitrogens with one attached hydrogen (secondary N) is 2. The fourth-order valence-corrected chi connectivity index (χ4v) is 6.42. The van der Waals surface area contributed by atoms with Gasteiger partial charge in [0.15, 0.2) is 22.2 Å². The zero-order valence-electron chi connectivity index (χ0n) is 19.5. The number of ether oxygens (including phenoxy) is 3. The molecule has 7 heterocycles. The topological polar surface area (TPSA) is 136 Å². The van der Waals surface area contributed by atoms with Crippen LogP contribution in [0.4, 0.5) is 11.6 Å². The molecule has 184 valence electrons. The van der Waals surface area contributed by atoms with Crippen LogP contribution in [-0.2, 0) is 9.47 Å². The average Bonchev–Trinajstić information content (AvgIpc) is 3.39. The van der Waals surface area contributed by atoms with Crippen LogP contribution in [0.5, 0.6) is 5.75 Å². The summed E-state index contributed by atoms with van der Waals surface area (Å²) >= 11 is 1.50. The van der Waals surface area contributed by atoms with Gasteiger partial charge < -0.3 is 30.2 Å². The summed E-state index contributed by atoms with van der Waals surface area (Å²) in [4.78, 5) is 17.2. The molecule has 0 aliphatic carbocycles. The van der Waals surface area contributed by atoms with Crippen molar-refractivity contribution in [2.24, 2.45) is 11.1 Å². The van der Waals surface area contributed by atoms with E-state index in [1.807, 2.05) is 12.3 Å². The minimum Gasteiger partial charge on any atom is -0.486 e. The van der Waals surface area contributed by atoms with Gasteiger partial charge >= 0.3 is 0 Å². The van der Waals surface area contributed by atoms with E-state index in [0.717, 1.165) is 65.4 Å². The Kier molecular flexibility index (Phi) is 4.89. The molecule has 2 spiro atoms. The minimum atomic E-state index is -0.160. The average molecular weight is 497 g/mol. The molecular formula is C23H28N8O3S. The monoisotopic (exact) mass is 496 g/mol. The summed E-state index contributed by atoms with van der Waals surface area (Å²) in [7, 11) is 0. The molecule has 2 atom stereocenters. The molecule has 0 unspecified atom stereocenters. The van der Waals surface area contributed by atoms with Crippen LogP contribution in [0.2, 0.25) is 0 Å². The van der Waals surface area contributed by atoms with E-state index in [4.69, 9.17) is 29.9 Å². The first-order valence-electron chi connectivity index (χ1n) is 12.0. The van der Waals surface area contributed by atoms with Crippen molar-refractivity contribution in [2.45, 2.75) is 47.4 Å². The van der Waals surface area contributed by atoms with Gasteiger partial charge in [0.1, 0.15) is 23.5 Å². The number of piperidine rings is 1. The molecule has 0 aromatic carbocycles. The molecule has 35 heavy (non-hydrogen) atoms. The number of anilines is 2. The van der Waals surface area contributed by atoms with Crippen molar-refractivity contribution in [2.75, 3.05) is 49.7 Å². The standard InChI is InChI=1S/C23H28N8O3S/c1-13-18(24)22(9-33-13)3-6-31(7-4-22)15-8-26-16-19(27-15)29-30-21(16)35-14-2-5-25-20-17(14)34-12-23(28-20)10-32-11-23/h2,5,8,13,18H,3-4,6-7,9-12,24H2,1H3,(H,25,28)(H,27,29,30)/t13-,18+/m0/s1. The maximum atomic E-state index is 6.47. The van der Waals surface area contributed by atoms with Crippen molar-refractivity contribution in [1.82, 2.24) is 25.1 Å². The zero-order valence-corrected chi connectivity index (χ0v) is 20.3. The van der Waals surface area contributed by atoms with E-state index in [9.17, 15) is 0 Å². The second-order valence-corrected chi connectivity index (χ2v) is 11.2. The minimum absolute atomic E-state index is 0.0805. The van der Waals surface area contributed by atoms with E-state index in [1.165, 1.54) is 11.8 Å². The number of fused-ring (bicyclic) bond motifs is 2. The molecule has 4 aliphatic rings. The summed E-state index contributed by atoms with van der Waals surface area (Å²) in [6, 6.07) is 2.03. The lowest BCUT2D eigenvalue weighted by Crippen LogP contribution is -2.61. The molecular weight excluding hydrogens is 468 g/mol. The van der Waals surface area contributed by atoms with Crippen molar-refractivity contribution < 1.29 is 14.2 Å². The summed E-state index contributed by atoms with van der Waals surface area (Å²) in [5.41, 5.74) is 7.80. The lowest BCUT2D eigenvalue weighted by atomic mass is 9.73. The van der Waals surface area contributed by atoms with Gasteiger partial charge in [-0.1, -0.05) is 11.8 Å². The second-order valence-electron chi connectivity index (χ2n) is 10.1. The van der Waals surface area contributed by atoms with E-state index in [-0.39, 0.29) is 23.1 Å². The van der Waals surface area contributed by atoms with Gasteiger partial charge in [0, 0.05) is 30.7 Å². The van der Waals surface area contributed by atoms with E-state index in [1.54, 1.807) is 6.20 Å². The molecule has 0 saturated carbocycles. The summed E-state index contributed by atoms with van der Waals surface area (Å²) in [6.07, 6.45) is 5.74. The molecule has 12 heteroatoms. The molecule has 11 nitrogen and oxygen atoms in total. The lowest BCUT2D eigenvalue weighted by Gasteiger charge is -2.44. The van der Waals surface area contributed by atoms with Crippen LogP contribution in [0.3, 0.4) is 0 Å². The Bertz CT molecular complexity index is 1270. The predicted molar refractivity (Wildman–Crippen MR) is 130 cm³/mol. The smallest absolute Gasteiger partial charge is 0.177 e. The van der Waals surface area contributed by atoms with Crippen LogP contribution in [0.25, 0.3) is 11.2 Å². The predicted octanol–water partition coefficient (Wildman–Crippen LogP) is 1.80. The number of nitrogens with zero attached hydrogens (tertiary/aromatic N) is 5. The lowest BCUT2D eigenvalue weighted by molar-refractivity contribution is -0.0652. The van der Waals surface area contributed by atoms with Gasteiger partial charge in [0.25, 0.3) is 0 Å². The van der Waals surface area contributed by atoms with E-state index >= 15 is 0 Å². The molecule has 0 radical (unpaired) electrons. The summed E-state index contributed by atoms with van der Waals surface area (Å²) in [6.45, 7) is 6.41.